The zero-order chi connectivity index (χ0) is 34.6. The van der Waals surface area contributed by atoms with E-state index >= 15 is 0 Å². The second kappa shape index (κ2) is 12.6. The molecular weight excluding hydrogens is 615 g/mol. The first kappa shape index (κ1) is 31.3. The Morgan fingerprint density at radius 1 is 0.471 bits per heavy atom. The van der Waals surface area contributed by atoms with Gasteiger partial charge >= 0.3 is 0 Å². The lowest BCUT2D eigenvalue weighted by atomic mass is 9.85. The van der Waals surface area contributed by atoms with Crippen LogP contribution in [0.15, 0.2) is 145 Å². The highest BCUT2D eigenvalue weighted by Crippen LogP contribution is 2.43. The van der Waals surface area contributed by atoms with Crippen molar-refractivity contribution >= 4 is 38.7 Å². The van der Waals surface area contributed by atoms with E-state index in [1.807, 2.05) is 0 Å². The molecule has 0 unspecified atom stereocenters. The Balaban J connectivity index is 1.34. The van der Waals surface area contributed by atoms with Crippen LogP contribution in [0.3, 0.4) is 0 Å². The number of allylic oxidation sites excluding steroid dienone is 1. The van der Waals surface area contributed by atoms with Gasteiger partial charge in [0.05, 0.1) is 5.52 Å². The van der Waals surface area contributed by atoms with Crippen LogP contribution in [0.5, 0.6) is 0 Å². The molecule has 248 valence electrons. The van der Waals surface area contributed by atoms with E-state index in [1.54, 1.807) is 5.57 Å². The lowest BCUT2D eigenvalue weighted by Gasteiger charge is -2.20. The number of benzene rings is 7. The SMILES string of the molecule is CC(C)C1=Cc2cc(-c3cc(-c4cc(-c5ccccc5)ccc4-c4ccccc4)cc4c3[nH]c3cc5ccc(C(C)C)cc5cc34)ccc2CC1. The average Bonchev–Trinajstić information content (AvgIpc) is 3.53. The number of H-pyrrole nitrogens is 1. The number of nitrogens with one attached hydrogen (secondary N) is 1. The normalized spacial score (nSPS) is 13.0. The molecule has 1 aromatic heterocycles. The highest BCUT2D eigenvalue weighted by Gasteiger charge is 2.19. The van der Waals surface area contributed by atoms with E-state index in [1.165, 1.54) is 93.8 Å². The standard InChI is InChI=1S/C50H43N/c1-31(2)36-17-15-34-16-20-40(25-41(34)23-36)46-28-43(29-48-47-27-42-24-37(32(3)4)18-19-39(42)30-49(47)51-50(46)48)45-26-38(33-11-7-5-8-12-33)21-22-44(45)35-13-9-6-10-14-35/h5-14,16,18-32,51H,15,17H2,1-4H3. The lowest BCUT2D eigenvalue weighted by molar-refractivity contribution is 0.709. The van der Waals surface area contributed by atoms with Crippen LogP contribution in [0, 0.1) is 5.92 Å². The van der Waals surface area contributed by atoms with Crippen LogP contribution in [0.2, 0.25) is 0 Å². The maximum atomic E-state index is 3.93. The molecular formula is C50H43N. The number of rotatable bonds is 6. The molecule has 8 aromatic rings. The first-order valence-corrected chi connectivity index (χ1v) is 18.5. The Morgan fingerprint density at radius 2 is 1.22 bits per heavy atom. The van der Waals surface area contributed by atoms with Crippen LogP contribution < -0.4 is 0 Å². The molecule has 0 spiro atoms. The van der Waals surface area contributed by atoms with Gasteiger partial charge in [-0.3, -0.25) is 0 Å². The van der Waals surface area contributed by atoms with Crippen molar-refractivity contribution in [2.45, 2.75) is 46.5 Å². The minimum Gasteiger partial charge on any atom is -0.354 e. The van der Waals surface area contributed by atoms with Crippen molar-refractivity contribution in [2.75, 3.05) is 0 Å². The van der Waals surface area contributed by atoms with E-state index in [2.05, 4.69) is 178 Å². The third-order valence-corrected chi connectivity index (χ3v) is 11.1. The van der Waals surface area contributed by atoms with Gasteiger partial charge in [0.2, 0.25) is 0 Å². The Labute approximate surface area is 301 Å². The monoisotopic (exact) mass is 657 g/mol. The van der Waals surface area contributed by atoms with Crippen molar-refractivity contribution in [1.82, 2.24) is 4.98 Å². The summed E-state index contributed by atoms with van der Waals surface area (Å²) in [6.45, 7) is 9.19. The van der Waals surface area contributed by atoms with Crippen molar-refractivity contribution in [1.29, 1.82) is 0 Å². The molecule has 1 aliphatic carbocycles. The summed E-state index contributed by atoms with van der Waals surface area (Å²) < 4.78 is 0. The molecule has 0 bridgehead atoms. The van der Waals surface area contributed by atoms with Gasteiger partial charge in [-0.1, -0.05) is 142 Å². The van der Waals surface area contributed by atoms with Crippen LogP contribution in [0.4, 0.5) is 0 Å². The summed E-state index contributed by atoms with van der Waals surface area (Å²) in [7, 11) is 0. The number of aryl methyl sites for hydroxylation is 1. The number of aromatic amines is 1. The minimum absolute atomic E-state index is 0.480. The summed E-state index contributed by atoms with van der Waals surface area (Å²) in [6.07, 6.45) is 4.71. The van der Waals surface area contributed by atoms with Crippen molar-refractivity contribution in [3.63, 3.8) is 0 Å². The van der Waals surface area contributed by atoms with Gasteiger partial charge in [0.25, 0.3) is 0 Å². The second-order valence-electron chi connectivity index (χ2n) is 15.0. The zero-order valence-corrected chi connectivity index (χ0v) is 29.9. The summed E-state index contributed by atoms with van der Waals surface area (Å²) in [5.41, 5.74) is 17.9. The van der Waals surface area contributed by atoms with E-state index < -0.39 is 0 Å². The van der Waals surface area contributed by atoms with Crippen molar-refractivity contribution in [2.24, 2.45) is 5.92 Å². The van der Waals surface area contributed by atoms with E-state index in [0.717, 1.165) is 12.8 Å². The van der Waals surface area contributed by atoms with Gasteiger partial charge in [-0.2, -0.15) is 0 Å². The largest absolute Gasteiger partial charge is 0.354 e. The summed E-state index contributed by atoms with van der Waals surface area (Å²) in [6, 6.07) is 52.3. The number of aromatic nitrogens is 1. The maximum Gasteiger partial charge on any atom is 0.0544 e. The predicted molar refractivity (Wildman–Crippen MR) is 220 cm³/mol. The average molecular weight is 658 g/mol. The third-order valence-electron chi connectivity index (χ3n) is 11.1. The molecule has 1 N–H and O–H groups in total. The molecule has 9 rings (SSSR count). The Kier molecular flexibility index (Phi) is 7.73. The fourth-order valence-corrected chi connectivity index (χ4v) is 8.10. The smallest absolute Gasteiger partial charge is 0.0544 e. The topological polar surface area (TPSA) is 15.8 Å². The Bertz CT molecular complexity index is 2620. The van der Waals surface area contributed by atoms with E-state index in [0.29, 0.717) is 11.8 Å². The minimum atomic E-state index is 0.480. The summed E-state index contributed by atoms with van der Waals surface area (Å²) in [4.78, 5) is 3.93. The molecule has 0 saturated carbocycles. The molecule has 1 heterocycles. The van der Waals surface area contributed by atoms with Crippen LogP contribution >= 0.6 is 0 Å². The number of hydrogen-bond acceptors (Lipinski definition) is 0. The van der Waals surface area contributed by atoms with Crippen molar-refractivity contribution in [3.8, 4) is 44.5 Å². The first-order chi connectivity index (χ1) is 24.9. The molecule has 0 aliphatic heterocycles. The van der Waals surface area contributed by atoms with Gasteiger partial charge in [-0.15, -0.1) is 0 Å². The second-order valence-corrected chi connectivity index (χ2v) is 15.0. The van der Waals surface area contributed by atoms with Crippen LogP contribution in [-0.2, 0) is 6.42 Å². The third kappa shape index (κ3) is 5.68. The van der Waals surface area contributed by atoms with E-state index in [4.69, 9.17) is 0 Å². The molecule has 0 fully saturated rings. The predicted octanol–water partition coefficient (Wildman–Crippen LogP) is 14.3. The van der Waals surface area contributed by atoms with Crippen molar-refractivity contribution < 1.29 is 0 Å². The van der Waals surface area contributed by atoms with Crippen LogP contribution in [0.1, 0.15) is 56.7 Å². The number of fused-ring (bicyclic) bond motifs is 5. The highest BCUT2D eigenvalue weighted by molar-refractivity contribution is 6.17. The summed E-state index contributed by atoms with van der Waals surface area (Å²) in [5.74, 6) is 1.04. The summed E-state index contributed by atoms with van der Waals surface area (Å²) >= 11 is 0. The van der Waals surface area contributed by atoms with Crippen molar-refractivity contribution in [3.05, 3.63) is 162 Å². The number of hydrogen-bond donors (Lipinski definition) is 1. The molecule has 7 aromatic carbocycles. The zero-order valence-electron chi connectivity index (χ0n) is 29.9. The molecule has 1 nitrogen and oxygen atoms in total. The fourth-order valence-electron chi connectivity index (χ4n) is 8.10. The molecule has 0 atom stereocenters. The van der Waals surface area contributed by atoms with Gasteiger partial charge in [0, 0.05) is 21.9 Å². The molecule has 0 amide bonds. The molecule has 1 heteroatoms. The quantitative estimate of drug-likeness (QED) is 0.183. The van der Waals surface area contributed by atoms with Gasteiger partial charge in [-0.05, 0) is 127 Å². The van der Waals surface area contributed by atoms with Gasteiger partial charge in [-0.25, -0.2) is 0 Å². The van der Waals surface area contributed by atoms with Gasteiger partial charge < -0.3 is 4.98 Å². The lowest BCUT2D eigenvalue weighted by Crippen LogP contribution is -2.04. The Hall–Kier alpha value is -5.66. The van der Waals surface area contributed by atoms with Crippen LogP contribution in [0.25, 0.3) is 83.2 Å². The highest BCUT2D eigenvalue weighted by atomic mass is 14.7. The Morgan fingerprint density at radius 3 is 1.98 bits per heavy atom. The maximum absolute atomic E-state index is 3.93. The molecule has 0 saturated heterocycles. The molecule has 1 aliphatic rings. The van der Waals surface area contributed by atoms with E-state index in [-0.39, 0.29) is 0 Å². The van der Waals surface area contributed by atoms with Crippen LogP contribution in [-0.4, -0.2) is 4.98 Å². The molecule has 0 radical (unpaired) electrons. The first-order valence-electron chi connectivity index (χ1n) is 18.5. The van der Waals surface area contributed by atoms with E-state index in [9.17, 15) is 0 Å². The van der Waals surface area contributed by atoms with Gasteiger partial charge in [0.1, 0.15) is 0 Å². The fraction of sp³-hybridized carbons (Fsp3) is 0.160. The summed E-state index contributed by atoms with van der Waals surface area (Å²) in [5, 5.41) is 5.08. The van der Waals surface area contributed by atoms with Gasteiger partial charge in [0.15, 0.2) is 0 Å². The molecule has 51 heavy (non-hydrogen) atoms.